The number of para-hydroxylation sites is 1. The van der Waals surface area contributed by atoms with Crippen LogP contribution in [0.15, 0.2) is 89.5 Å². The lowest BCUT2D eigenvalue weighted by Gasteiger charge is -2.06. The molecule has 0 spiro atoms. The Morgan fingerprint density at radius 2 is 1.57 bits per heavy atom. The van der Waals surface area contributed by atoms with E-state index in [2.05, 4.69) is 22.6 Å². The normalized spacial score (nSPS) is 10.6. The molecule has 0 bridgehead atoms. The van der Waals surface area contributed by atoms with Crippen LogP contribution in [0.4, 0.5) is 4.39 Å². The SMILES string of the molecule is O=C(COc1ccccc1F)NCc1cc(-c2ccc(-c3ccccc3)cc2)on1. The van der Waals surface area contributed by atoms with E-state index >= 15 is 0 Å². The maximum atomic E-state index is 13.5. The lowest BCUT2D eigenvalue weighted by molar-refractivity contribution is -0.123. The van der Waals surface area contributed by atoms with Crippen molar-refractivity contribution in [1.82, 2.24) is 10.5 Å². The van der Waals surface area contributed by atoms with Crippen LogP contribution in [0, 0.1) is 5.82 Å². The first-order valence-corrected chi connectivity index (χ1v) is 9.44. The standard InChI is InChI=1S/C24H19FN2O3/c25-21-8-4-5-9-22(21)29-16-24(28)26-15-20-14-23(30-27-20)19-12-10-18(11-13-19)17-6-2-1-3-7-17/h1-14H,15-16H2,(H,26,28). The number of carbonyl (C=O) groups excluding carboxylic acids is 1. The Morgan fingerprint density at radius 3 is 2.33 bits per heavy atom. The molecular weight excluding hydrogens is 383 g/mol. The Balaban J connectivity index is 1.32. The largest absolute Gasteiger partial charge is 0.481 e. The van der Waals surface area contributed by atoms with E-state index in [0.717, 1.165) is 16.7 Å². The minimum atomic E-state index is -0.510. The molecule has 0 aliphatic carbocycles. The average molecular weight is 402 g/mol. The third-order valence-electron chi connectivity index (χ3n) is 4.50. The Kier molecular flexibility index (Phi) is 5.85. The quantitative estimate of drug-likeness (QED) is 0.480. The maximum absolute atomic E-state index is 13.5. The van der Waals surface area contributed by atoms with Crippen molar-refractivity contribution < 1.29 is 18.4 Å². The number of nitrogens with zero attached hydrogens (tertiary/aromatic N) is 1. The summed E-state index contributed by atoms with van der Waals surface area (Å²) in [6.45, 7) is -0.0995. The summed E-state index contributed by atoms with van der Waals surface area (Å²) in [4.78, 5) is 11.9. The van der Waals surface area contributed by atoms with E-state index < -0.39 is 5.82 Å². The van der Waals surface area contributed by atoms with Gasteiger partial charge in [-0.15, -0.1) is 0 Å². The van der Waals surface area contributed by atoms with E-state index in [1.54, 1.807) is 18.2 Å². The summed E-state index contributed by atoms with van der Waals surface area (Å²) in [5.41, 5.74) is 3.72. The van der Waals surface area contributed by atoms with Gasteiger partial charge in [-0.1, -0.05) is 71.9 Å². The molecule has 0 saturated heterocycles. The fraction of sp³-hybridized carbons (Fsp3) is 0.0833. The third kappa shape index (κ3) is 4.72. The molecule has 1 aromatic heterocycles. The number of rotatable bonds is 7. The van der Waals surface area contributed by atoms with Crippen LogP contribution in [0.2, 0.25) is 0 Å². The number of halogens is 1. The Morgan fingerprint density at radius 1 is 0.900 bits per heavy atom. The van der Waals surface area contributed by atoms with Gasteiger partial charge in [-0.05, 0) is 23.3 Å². The van der Waals surface area contributed by atoms with E-state index in [-0.39, 0.29) is 24.8 Å². The van der Waals surface area contributed by atoms with Gasteiger partial charge < -0.3 is 14.6 Å². The smallest absolute Gasteiger partial charge is 0.258 e. The van der Waals surface area contributed by atoms with Crippen LogP contribution in [0.3, 0.4) is 0 Å². The number of hydrogen-bond donors (Lipinski definition) is 1. The minimum Gasteiger partial charge on any atom is -0.481 e. The van der Waals surface area contributed by atoms with E-state index in [1.165, 1.54) is 12.1 Å². The van der Waals surface area contributed by atoms with Crippen molar-refractivity contribution >= 4 is 5.91 Å². The molecule has 3 aromatic carbocycles. The molecule has 0 aliphatic heterocycles. The third-order valence-corrected chi connectivity index (χ3v) is 4.50. The molecular formula is C24H19FN2O3. The Hall–Kier alpha value is -3.93. The topological polar surface area (TPSA) is 64.4 Å². The second-order valence-electron chi connectivity index (χ2n) is 6.62. The monoisotopic (exact) mass is 402 g/mol. The molecule has 4 aromatic rings. The predicted octanol–water partition coefficient (Wildman–Crippen LogP) is 4.84. The number of ether oxygens (including phenoxy) is 1. The van der Waals surface area contributed by atoms with Gasteiger partial charge in [0.05, 0.1) is 6.54 Å². The highest BCUT2D eigenvalue weighted by molar-refractivity contribution is 5.77. The zero-order valence-corrected chi connectivity index (χ0v) is 16.0. The van der Waals surface area contributed by atoms with Gasteiger partial charge in [-0.2, -0.15) is 0 Å². The van der Waals surface area contributed by atoms with Crippen molar-refractivity contribution in [3.8, 4) is 28.2 Å². The Labute approximate surface area is 173 Å². The molecule has 0 saturated carbocycles. The molecule has 0 unspecified atom stereocenters. The highest BCUT2D eigenvalue weighted by Crippen LogP contribution is 2.25. The first-order valence-electron chi connectivity index (χ1n) is 9.44. The number of amides is 1. The van der Waals surface area contributed by atoms with Crippen LogP contribution in [0.25, 0.3) is 22.5 Å². The molecule has 0 fully saturated rings. The summed E-state index contributed by atoms with van der Waals surface area (Å²) < 4.78 is 24.1. The first kappa shape index (κ1) is 19.4. The number of carbonyl (C=O) groups is 1. The van der Waals surface area contributed by atoms with Crippen molar-refractivity contribution in [1.29, 1.82) is 0 Å². The van der Waals surface area contributed by atoms with Gasteiger partial charge in [0.2, 0.25) is 0 Å². The van der Waals surface area contributed by atoms with Crippen LogP contribution < -0.4 is 10.1 Å². The molecule has 1 amide bonds. The first-order chi connectivity index (χ1) is 14.7. The highest BCUT2D eigenvalue weighted by Gasteiger charge is 2.10. The maximum Gasteiger partial charge on any atom is 0.258 e. The second-order valence-corrected chi connectivity index (χ2v) is 6.62. The number of hydrogen-bond acceptors (Lipinski definition) is 4. The molecule has 0 aliphatic rings. The van der Waals surface area contributed by atoms with Gasteiger partial charge in [-0.3, -0.25) is 4.79 Å². The predicted molar refractivity (Wildman–Crippen MR) is 111 cm³/mol. The van der Waals surface area contributed by atoms with Gasteiger partial charge in [0, 0.05) is 11.6 Å². The summed E-state index contributed by atoms with van der Waals surface area (Å²) in [6.07, 6.45) is 0. The molecule has 0 atom stereocenters. The lowest BCUT2D eigenvalue weighted by Crippen LogP contribution is -2.28. The summed E-state index contributed by atoms with van der Waals surface area (Å²) >= 11 is 0. The second kappa shape index (κ2) is 9.05. The van der Waals surface area contributed by atoms with E-state index in [0.29, 0.717) is 11.5 Å². The highest BCUT2D eigenvalue weighted by atomic mass is 19.1. The molecule has 4 rings (SSSR count). The minimum absolute atomic E-state index is 0.0373. The van der Waals surface area contributed by atoms with Crippen LogP contribution >= 0.6 is 0 Å². The molecule has 6 heteroatoms. The molecule has 1 N–H and O–H groups in total. The lowest BCUT2D eigenvalue weighted by atomic mass is 10.0. The summed E-state index contributed by atoms with van der Waals surface area (Å²) in [7, 11) is 0. The Bertz CT molecular complexity index is 1120. The van der Waals surface area contributed by atoms with E-state index in [4.69, 9.17) is 9.26 Å². The number of nitrogens with one attached hydrogen (secondary N) is 1. The fourth-order valence-electron chi connectivity index (χ4n) is 2.93. The number of aromatic nitrogens is 1. The zero-order valence-electron chi connectivity index (χ0n) is 16.0. The van der Waals surface area contributed by atoms with Crippen molar-refractivity contribution in [3.05, 3.63) is 96.4 Å². The van der Waals surface area contributed by atoms with Crippen molar-refractivity contribution in [2.24, 2.45) is 0 Å². The van der Waals surface area contributed by atoms with Crippen molar-refractivity contribution in [3.63, 3.8) is 0 Å². The van der Waals surface area contributed by atoms with Gasteiger partial charge in [0.15, 0.2) is 23.9 Å². The van der Waals surface area contributed by atoms with Crippen LogP contribution in [0.1, 0.15) is 5.69 Å². The van der Waals surface area contributed by atoms with Crippen LogP contribution in [0.5, 0.6) is 5.75 Å². The van der Waals surface area contributed by atoms with Gasteiger partial charge in [0.25, 0.3) is 5.91 Å². The van der Waals surface area contributed by atoms with Crippen molar-refractivity contribution in [2.45, 2.75) is 6.54 Å². The molecule has 30 heavy (non-hydrogen) atoms. The molecule has 5 nitrogen and oxygen atoms in total. The van der Waals surface area contributed by atoms with Gasteiger partial charge >= 0.3 is 0 Å². The van der Waals surface area contributed by atoms with Gasteiger partial charge in [0.1, 0.15) is 5.69 Å². The molecule has 150 valence electrons. The van der Waals surface area contributed by atoms with Gasteiger partial charge in [-0.25, -0.2) is 4.39 Å². The molecule has 0 radical (unpaired) electrons. The van der Waals surface area contributed by atoms with E-state index in [1.807, 2.05) is 42.5 Å². The molecule has 1 heterocycles. The van der Waals surface area contributed by atoms with Crippen LogP contribution in [-0.2, 0) is 11.3 Å². The summed E-state index contributed by atoms with van der Waals surface area (Å²) in [5, 5.41) is 6.66. The summed E-state index contributed by atoms with van der Waals surface area (Å²) in [6, 6.07) is 25.8. The average Bonchev–Trinajstić information content (AvgIpc) is 3.27. The fourth-order valence-corrected chi connectivity index (χ4v) is 2.93. The summed E-state index contributed by atoms with van der Waals surface area (Å²) in [5.74, 6) is -0.239. The number of benzene rings is 3. The zero-order chi connectivity index (χ0) is 20.8. The van der Waals surface area contributed by atoms with Crippen LogP contribution in [-0.4, -0.2) is 17.7 Å². The van der Waals surface area contributed by atoms with Crippen molar-refractivity contribution in [2.75, 3.05) is 6.61 Å². The van der Waals surface area contributed by atoms with E-state index in [9.17, 15) is 9.18 Å².